The lowest BCUT2D eigenvalue weighted by molar-refractivity contribution is 0.633. The van der Waals surface area contributed by atoms with Gasteiger partial charge in [-0.1, -0.05) is 12.1 Å². The molecule has 0 aromatic carbocycles. The van der Waals surface area contributed by atoms with Gasteiger partial charge < -0.3 is 5.32 Å². The molecular formula is C20H27N5. The molecule has 132 valence electrons. The molecule has 0 radical (unpaired) electrons. The van der Waals surface area contributed by atoms with E-state index < -0.39 is 0 Å². The van der Waals surface area contributed by atoms with Gasteiger partial charge >= 0.3 is 0 Å². The molecule has 5 nitrogen and oxygen atoms in total. The lowest BCUT2D eigenvalue weighted by Crippen LogP contribution is -2.18. The lowest BCUT2D eigenvalue weighted by Gasteiger charge is -2.01. The smallest absolute Gasteiger partial charge is 0.0811 e. The van der Waals surface area contributed by atoms with Crippen molar-refractivity contribution in [2.24, 2.45) is 9.98 Å². The van der Waals surface area contributed by atoms with Gasteiger partial charge in [0, 0.05) is 36.9 Å². The fourth-order valence-corrected chi connectivity index (χ4v) is 2.30. The van der Waals surface area contributed by atoms with Crippen LogP contribution in [0.3, 0.4) is 0 Å². The summed E-state index contributed by atoms with van der Waals surface area (Å²) < 4.78 is 0. The fourth-order valence-electron chi connectivity index (χ4n) is 2.30. The predicted octanol–water partition coefficient (Wildman–Crippen LogP) is 3.00. The molecule has 0 spiro atoms. The van der Waals surface area contributed by atoms with Crippen molar-refractivity contribution in [3.63, 3.8) is 0 Å². The van der Waals surface area contributed by atoms with Crippen LogP contribution in [-0.4, -0.2) is 48.6 Å². The van der Waals surface area contributed by atoms with Gasteiger partial charge in [0.2, 0.25) is 0 Å². The van der Waals surface area contributed by atoms with E-state index in [0.717, 1.165) is 61.8 Å². The number of hydrogen-bond donors (Lipinski definition) is 1. The molecule has 0 aliphatic carbocycles. The van der Waals surface area contributed by atoms with E-state index in [1.165, 1.54) is 0 Å². The van der Waals surface area contributed by atoms with Gasteiger partial charge in [-0.15, -0.1) is 0 Å². The monoisotopic (exact) mass is 337 g/mol. The summed E-state index contributed by atoms with van der Waals surface area (Å²) in [6.07, 6.45) is 5.75. The summed E-state index contributed by atoms with van der Waals surface area (Å²) in [4.78, 5) is 17.6. The van der Waals surface area contributed by atoms with E-state index in [1.54, 1.807) is 0 Å². The maximum atomic E-state index is 4.41. The minimum Gasteiger partial charge on any atom is -0.317 e. The quantitative estimate of drug-likeness (QED) is 0.535. The van der Waals surface area contributed by atoms with E-state index in [4.69, 9.17) is 0 Å². The van der Waals surface area contributed by atoms with Crippen molar-refractivity contribution in [2.75, 3.05) is 26.2 Å². The summed E-state index contributed by atoms with van der Waals surface area (Å²) in [5, 5.41) is 3.42. The molecule has 0 fully saturated rings. The highest BCUT2D eigenvalue weighted by Crippen LogP contribution is 1.96. The van der Waals surface area contributed by atoms with Gasteiger partial charge in [-0.3, -0.25) is 20.0 Å². The van der Waals surface area contributed by atoms with Crippen LogP contribution in [0.2, 0.25) is 0 Å². The van der Waals surface area contributed by atoms with E-state index >= 15 is 0 Å². The molecule has 0 bridgehead atoms. The summed E-state index contributed by atoms with van der Waals surface area (Å²) in [7, 11) is 0. The van der Waals surface area contributed by atoms with Gasteiger partial charge in [-0.2, -0.15) is 0 Å². The van der Waals surface area contributed by atoms with Crippen molar-refractivity contribution in [1.29, 1.82) is 0 Å². The number of nitrogens with zero attached hydrogens (tertiary/aromatic N) is 4. The van der Waals surface area contributed by atoms with Crippen LogP contribution in [0, 0.1) is 13.8 Å². The second-order valence-electron chi connectivity index (χ2n) is 5.94. The number of aryl methyl sites for hydroxylation is 2. The van der Waals surface area contributed by atoms with Crippen molar-refractivity contribution in [2.45, 2.75) is 26.7 Å². The Labute approximate surface area is 150 Å². The normalized spacial score (nSPS) is 11.6. The second kappa shape index (κ2) is 11.2. The molecular weight excluding hydrogens is 310 g/mol. The zero-order valence-corrected chi connectivity index (χ0v) is 15.2. The molecule has 25 heavy (non-hydrogen) atoms. The largest absolute Gasteiger partial charge is 0.317 e. The van der Waals surface area contributed by atoms with Crippen LogP contribution >= 0.6 is 0 Å². The summed E-state index contributed by atoms with van der Waals surface area (Å²) in [6.45, 7) is 7.56. The van der Waals surface area contributed by atoms with E-state index in [1.807, 2.05) is 62.7 Å². The summed E-state index contributed by atoms with van der Waals surface area (Å²) in [6, 6.07) is 11.9. The van der Waals surface area contributed by atoms with Gasteiger partial charge in [0.15, 0.2) is 0 Å². The van der Waals surface area contributed by atoms with Crippen LogP contribution in [-0.2, 0) is 0 Å². The number of aromatic nitrogens is 2. The molecule has 1 N–H and O–H groups in total. The molecule has 5 heteroatoms. The maximum absolute atomic E-state index is 4.41. The second-order valence-corrected chi connectivity index (χ2v) is 5.94. The van der Waals surface area contributed by atoms with Crippen LogP contribution in [0.4, 0.5) is 0 Å². The van der Waals surface area contributed by atoms with Crippen LogP contribution in [0.15, 0.2) is 46.4 Å². The lowest BCUT2D eigenvalue weighted by atomic mass is 10.3. The molecule has 0 unspecified atom stereocenters. The Balaban J connectivity index is 1.48. The molecule has 2 aromatic rings. The Hall–Kier alpha value is -2.40. The van der Waals surface area contributed by atoms with Crippen molar-refractivity contribution < 1.29 is 0 Å². The highest BCUT2D eigenvalue weighted by molar-refractivity contribution is 5.77. The number of pyridine rings is 2. The molecule has 0 atom stereocenters. The topological polar surface area (TPSA) is 62.5 Å². The molecule has 0 aliphatic rings. The number of rotatable bonds is 10. The van der Waals surface area contributed by atoms with E-state index in [-0.39, 0.29) is 0 Å². The molecule has 0 saturated heterocycles. The van der Waals surface area contributed by atoms with Gasteiger partial charge in [0.25, 0.3) is 0 Å². The van der Waals surface area contributed by atoms with Gasteiger partial charge in [0.05, 0.1) is 11.4 Å². The number of nitrogens with one attached hydrogen (secondary N) is 1. The first-order valence-electron chi connectivity index (χ1n) is 8.82. The summed E-state index contributed by atoms with van der Waals surface area (Å²) in [5.74, 6) is 0. The predicted molar refractivity (Wildman–Crippen MR) is 105 cm³/mol. The SMILES string of the molecule is Cc1cccc(C=NCCCNCCCN=Cc2cccc(C)n2)n1. The van der Waals surface area contributed by atoms with Crippen molar-refractivity contribution in [3.05, 3.63) is 59.2 Å². The first kappa shape index (κ1) is 18.9. The molecule has 0 aliphatic heterocycles. The highest BCUT2D eigenvalue weighted by atomic mass is 14.9. The molecule has 2 heterocycles. The Morgan fingerprint density at radius 3 is 1.72 bits per heavy atom. The zero-order chi connectivity index (χ0) is 17.7. The number of hydrogen-bond acceptors (Lipinski definition) is 5. The minimum absolute atomic E-state index is 0.819. The Kier molecular flexibility index (Phi) is 8.49. The fraction of sp³-hybridized carbons (Fsp3) is 0.400. The van der Waals surface area contributed by atoms with Gasteiger partial charge in [0.1, 0.15) is 0 Å². The summed E-state index contributed by atoms with van der Waals surface area (Å²) in [5.41, 5.74) is 3.89. The van der Waals surface area contributed by atoms with Gasteiger partial charge in [-0.25, -0.2) is 0 Å². The molecule has 2 aromatic heterocycles. The standard InChI is InChI=1S/C20H27N5/c1-17-7-3-9-19(24-17)15-22-13-5-11-21-12-6-14-23-16-20-10-4-8-18(2)25-20/h3-4,7-10,15-16,21H,5-6,11-14H2,1-2H3. The average Bonchev–Trinajstić information content (AvgIpc) is 2.60. The zero-order valence-electron chi connectivity index (χ0n) is 15.2. The van der Waals surface area contributed by atoms with Gasteiger partial charge in [-0.05, 0) is 64.0 Å². The van der Waals surface area contributed by atoms with Crippen molar-refractivity contribution in [1.82, 2.24) is 15.3 Å². The summed E-state index contributed by atoms with van der Waals surface area (Å²) >= 11 is 0. The third kappa shape index (κ3) is 8.31. The van der Waals surface area contributed by atoms with Crippen LogP contribution in [0.1, 0.15) is 35.6 Å². The highest BCUT2D eigenvalue weighted by Gasteiger charge is 1.92. The Morgan fingerprint density at radius 1 is 0.800 bits per heavy atom. The average molecular weight is 337 g/mol. The van der Waals surface area contributed by atoms with Crippen molar-refractivity contribution >= 4 is 12.4 Å². The van der Waals surface area contributed by atoms with E-state index in [0.29, 0.717) is 0 Å². The Morgan fingerprint density at radius 2 is 1.28 bits per heavy atom. The number of aliphatic imine (C=N–C) groups is 2. The molecule has 2 rings (SSSR count). The van der Waals surface area contributed by atoms with Crippen LogP contribution in [0.5, 0.6) is 0 Å². The van der Waals surface area contributed by atoms with Crippen molar-refractivity contribution in [3.8, 4) is 0 Å². The maximum Gasteiger partial charge on any atom is 0.0811 e. The molecule has 0 amide bonds. The minimum atomic E-state index is 0.819. The van der Waals surface area contributed by atoms with Crippen LogP contribution < -0.4 is 5.32 Å². The first-order valence-corrected chi connectivity index (χ1v) is 8.82. The molecule has 0 saturated carbocycles. The third-order valence-corrected chi connectivity index (χ3v) is 3.55. The van der Waals surface area contributed by atoms with Crippen LogP contribution in [0.25, 0.3) is 0 Å². The van der Waals surface area contributed by atoms with E-state index in [9.17, 15) is 0 Å². The van der Waals surface area contributed by atoms with E-state index in [2.05, 4.69) is 25.3 Å². The third-order valence-electron chi connectivity index (χ3n) is 3.55. The Bertz CT molecular complexity index is 634. The first-order chi connectivity index (χ1) is 12.2.